The molecule has 1 N–H and O–H groups in total. The number of methoxy groups -OCH3 is 1. The van der Waals surface area contributed by atoms with E-state index in [2.05, 4.69) is 18.7 Å². The Kier molecular flexibility index (Phi) is 6.79. The molecule has 0 saturated heterocycles. The van der Waals surface area contributed by atoms with Crippen molar-refractivity contribution in [2.75, 3.05) is 33.3 Å². The summed E-state index contributed by atoms with van der Waals surface area (Å²) in [7, 11) is 1.52. The van der Waals surface area contributed by atoms with Crippen LogP contribution in [0.3, 0.4) is 0 Å². The molecule has 0 aliphatic carbocycles. The minimum Gasteiger partial charge on any atom is -0.503 e. The molecule has 0 bridgehead atoms. The second-order valence-electron chi connectivity index (χ2n) is 8.31. The van der Waals surface area contributed by atoms with E-state index in [0.29, 0.717) is 41.2 Å². The highest BCUT2D eigenvalue weighted by molar-refractivity contribution is 6.16. The van der Waals surface area contributed by atoms with Crippen molar-refractivity contribution in [2.24, 2.45) is 0 Å². The fourth-order valence-corrected chi connectivity index (χ4v) is 4.46. The molecule has 1 aromatic carbocycles. The predicted octanol–water partition coefficient (Wildman–Crippen LogP) is 4.65. The van der Waals surface area contributed by atoms with Crippen LogP contribution in [0, 0.1) is 6.92 Å². The lowest BCUT2D eigenvalue weighted by atomic mass is 9.99. The van der Waals surface area contributed by atoms with Gasteiger partial charge in [-0.1, -0.05) is 26.0 Å². The molecular formula is C26H30N2O6. The van der Waals surface area contributed by atoms with Crippen molar-refractivity contribution in [3.8, 4) is 5.75 Å². The normalized spacial score (nSPS) is 16.3. The van der Waals surface area contributed by atoms with Gasteiger partial charge in [-0.05, 0) is 57.2 Å². The number of Topliss-reactive ketones (excluding diaryl/α,β-unsaturated/α-hetero) is 1. The van der Waals surface area contributed by atoms with Gasteiger partial charge in [-0.25, -0.2) is 0 Å². The fourth-order valence-electron chi connectivity index (χ4n) is 4.46. The summed E-state index contributed by atoms with van der Waals surface area (Å²) in [5.41, 5.74) is 0.388. The first-order valence-corrected chi connectivity index (χ1v) is 11.5. The lowest BCUT2D eigenvalue weighted by Gasteiger charge is -2.26. The number of aryl methyl sites for hydroxylation is 1. The summed E-state index contributed by atoms with van der Waals surface area (Å²) < 4.78 is 17.0. The Morgan fingerprint density at radius 3 is 2.59 bits per heavy atom. The van der Waals surface area contributed by atoms with Gasteiger partial charge in [0.15, 0.2) is 22.9 Å². The molecule has 4 rings (SSSR count). The third-order valence-corrected chi connectivity index (χ3v) is 6.30. The number of benzene rings is 1. The van der Waals surface area contributed by atoms with Crippen LogP contribution in [0.2, 0.25) is 0 Å². The van der Waals surface area contributed by atoms with Crippen LogP contribution in [0.4, 0.5) is 0 Å². The summed E-state index contributed by atoms with van der Waals surface area (Å²) in [6.07, 6.45) is 0.695. The molecule has 1 aliphatic heterocycles. The van der Waals surface area contributed by atoms with Gasteiger partial charge in [0.25, 0.3) is 5.91 Å². The Morgan fingerprint density at radius 2 is 1.94 bits per heavy atom. The van der Waals surface area contributed by atoms with Crippen LogP contribution in [0.1, 0.15) is 48.4 Å². The molecule has 0 spiro atoms. The number of para-hydroxylation sites is 1. The summed E-state index contributed by atoms with van der Waals surface area (Å²) in [5, 5.41) is 11.5. The van der Waals surface area contributed by atoms with E-state index in [-0.39, 0.29) is 11.3 Å². The van der Waals surface area contributed by atoms with Crippen molar-refractivity contribution in [3.63, 3.8) is 0 Å². The van der Waals surface area contributed by atoms with Gasteiger partial charge in [0.1, 0.15) is 17.6 Å². The quantitative estimate of drug-likeness (QED) is 0.434. The highest BCUT2D eigenvalue weighted by Crippen LogP contribution is 2.40. The molecule has 3 heterocycles. The molecule has 0 unspecified atom stereocenters. The van der Waals surface area contributed by atoms with Crippen LogP contribution in [0.5, 0.6) is 5.75 Å². The van der Waals surface area contributed by atoms with Crippen LogP contribution in [0.15, 0.2) is 56.6 Å². The van der Waals surface area contributed by atoms with E-state index in [1.54, 1.807) is 43.3 Å². The number of furan rings is 2. The predicted molar refractivity (Wildman–Crippen MR) is 127 cm³/mol. The number of nitrogens with zero attached hydrogens (tertiary/aromatic N) is 2. The summed E-state index contributed by atoms with van der Waals surface area (Å²) >= 11 is 0. The van der Waals surface area contributed by atoms with Crippen LogP contribution in [-0.4, -0.2) is 59.9 Å². The maximum absolute atomic E-state index is 13.6. The molecule has 1 amide bonds. The monoisotopic (exact) mass is 466 g/mol. The molecule has 8 nitrogen and oxygen atoms in total. The highest BCUT2D eigenvalue weighted by atomic mass is 16.5. The van der Waals surface area contributed by atoms with Crippen molar-refractivity contribution in [1.82, 2.24) is 9.80 Å². The third-order valence-electron chi connectivity index (χ3n) is 6.30. The first-order chi connectivity index (χ1) is 16.4. The van der Waals surface area contributed by atoms with Crippen LogP contribution < -0.4 is 4.74 Å². The number of amides is 1. The number of aliphatic hydroxyl groups excluding tert-OH is 1. The lowest BCUT2D eigenvalue weighted by molar-refractivity contribution is -0.129. The zero-order valence-corrected chi connectivity index (χ0v) is 20.0. The average Bonchev–Trinajstić information content (AvgIpc) is 3.53. The van der Waals surface area contributed by atoms with Crippen LogP contribution in [0.25, 0.3) is 11.0 Å². The van der Waals surface area contributed by atoms with E-state index in [1.807, 2.05) is 0 Å². The molecule has 0 radical (unpaired) electrons. The second kappa shape index (κ2) is 9.77. The van der Waals surface area contributed by atoms with Gasteiger partial charge in [0.2, 0.25) is 5.78 Å². The van der Waals surface area contributed by atoms with Crippen LogP contribution >= 0.6 is 0 Å². The largest absolute Gasteiger partial charge is 0.503 e. The van der Waals surface area contributed by atoms with E-state index in [1.165, 1.54) is 12.0 Å². The molecule has 0 fully saturated rings. The van der Waals surface area contributed by atoms with E-state index < -0.39 is 23.5 Å². The topological polar surface area (TPSA) is 96.4 Å². The molecule has 1 aliphatic rings. The summed E-state index contributed by atoms with van der Waals surface area (Å²) in [6.45, 7) is 8.96. The van der Waals surface area contributed by atoms with Gasteiger partial charge in [0, 0.05) is 11.9 Å². The summed E-state index contributed by atoms with van der Waals surface area (Å²) in [6, 6.07) is 9.61. The minimum absolute atomic E-state index is 0.0205. The van der Waals surface area contributed by atoms with Crippen LogP contribution in [-0.2, 0) is 4.79 Å². The Labute approximate surface area is 198 Å². The standard InChI is InChI=1S/C26H30N2O6/c1-5-27(6-2)13-8-14-28-22(18-12-11-16(3)33-18)21(24(30)26(28)31)23(29)20-15-17-9-7-10-19(32-4)25(17)34-20/h7,9-12,15,22,30H,5-6,8,13-14H2,1-4H3/t22-/m0/s1. The average molecular weight is 467 g/mol. The number of hydrogen-bond acceptors (Lipinski definition) is 7. The smallest absolute Gasteiger partial charge is 0.290 e. The number of hydrogen-bond donors (Lipinski definition) is 1. The number of aliphatic hydroxyl groups is 1. The van der Waals surface area contributed by atoms with Crippen molar-refractivity contribution in [3.05, 3.63) is 65.0 Å². The Morgan fingerprint density at radius 1 is 1.18 bits per heavy atom. The third kappa shape index (κ3) is 4.21. The van der Waals surface area contributed by atoms with Crippen molar-refractivity contribution < 1.29 is 28.3 Å². The molecule has 8 heteroatoms. The molecular weight excluding hydrogens is 436 g/mol. The Bertz CT molecular complexity index is 1230. The molecule has 0 saturated carbocycles. The lowest BCUT2D eigenvalue weighted by Crippen LogP contribution is -2.34. The summed E-state index contributed by atoms with van der Waals surface area (Å²) in [5.74, 6) is -0.128. The number of rotatable bonds is 10. The van der Waals surface area contributed by atoms with Gasteiger partial charge in [-0.3, -0.25) is 9.59 Å². The van der Waals surface area contributed by atoms with Crippen molar-refractivity contribution >= 4 is 22.7 Å². The first kappa shape index (κ1) is 23.6. The van der Waals surface area contributed by atoms with E-state index in [9.17, 15) is 14.7 Å². The molecule has 3 aromatic rings. The SMILES string of the molecule is CCN(CC)CCCN1C(=O)C(O)=C(C(=O)c2cc3cccc(OC)c3o2)[C@@H]1c1ccc(C)o1. The number of carbonyl (C=O) groups is 2. The fraction of sp³-hybridized carbons (Fsp3) is 0.385. The van der Waals surface area contributed by atoms with Gasteiger partial charge >= 0.3 is 0 Å². The van der Waals surface area contributed by atoms with Crippen molar-refractivity contribution in [1.29, 1.82) is 0 Å². The summed E-state index contributed by atoms with van der Waals surface area (Å²) in [4.78, 5) is 30.5. The maximum Gasteiger partial charge on any atom is 0.290 e. The molecule has 2 aromatic heterocycles. The first-order valence-electron chi connectivity index (χ1n) is 11.5. The zero-order valence-electron chi connectivity index (χ0n) is 20.0. The number of ether oxygens (including phenoxy) is 1. The van der Waals surface area contributed by atoms with E-state index in [4.69, 9.17) is 13.6 Å². The van der Waals surface area contributed by atoms with Gasteiger partial charge < -0.3 is 28.5 Å². The maximum atomic E-state index is 13.6. The number of ketones is 1. The second-order valence-corrected chi connectivity index (χ2v) is 8.31. The minimum atomic E-state index is -0.833. The molecule has 1 atom stereocenters. The highest BCUT2D eigenvalue weighted by Gasteiger charge is 2.45. The van der Waals surface area contributed by atoms with Crippen molar-refractivity contribution in [2.45, 2.75) is 33.2 Å². The van der Waals surface area contributed by atoms with Gasteiger partial charge in [-0.15, -0.1) is 0 Å². The van der Waals surface area contributed by atoms with E-state index in [0.717, 1.165) is 19.6 Å². The Hall–Kier alpha value is -3.52. The zero-order chi connectivity index (χ0) is 24.4. The molecule has 180 valence electrons. The number of carbonyl (C=O) groups excluding carboxylic acids is 2. The Balaban J connectivity index is 1.69. The van der Waals surface area contributed by atoms with E-state index >= 15 is 0 Å². The molecule has 34 heavy (non-hydrogen) atoms. The number of fused-ring (bicyclic) bond motifs is 1. The van der Waals surface area contributed by atoms with Gasteiger partial charge in [0.05, 0.1) is 12.7 Å². The van der Waals surface area contributed by atoms with Gasteiger partial charge in [-0.2, -0.15) is 0 Å².